The van der Waals surface area contributed by atoms with Gasteiger partial charge >= 0.3 is 11.9 Å². The van der Waals surface area contributed by atoms with Gasteiger partial charge in [0.2, 0.25) is 0 Å². The summed E-state index contributed by atoms with van der Waals surface area (Å²) in [5, 5.41) is 30.8. The molecule has 4 N–H and O–H groups in total. The predicted octanol–water partition coefficient (Wildman–Crippen LogP) is 7.83. The number of carbonyl (C=O) groups excluding carboxylic acids is 2. The molecule has 0 radical (unpaired) electrons. The van der Waals surface area contributed by atoms with Crippen molar-refractivity contribution in [2.45, 2.75) is 198 Å². The molecule has 0 amide bonds. The maximum Gasteiger partial charge on any atom is 0.306 e. The van der Waals surface area contributed by atoms with Crippen molar-refractivity contribution in [3.63, 3.8) is 0 Å². The maximum atomic E-state index is 12.8. The Morgan fingerprint density at radius 1 is 0.636 bits per heavy atom. The molecule has 1 aliphatic rings. The zero-order chi connectivity index (χ0) is 40.6. The standard InChI is InChI=1S/C42H74O12S/c1-3-5-7-9-11-13-15-17-18-19-21-22-24-26-28-30-37(43)51-32-35(33-52-42-41(47)40(46)39(45)36(54-42)34-55(48,49)50)53-38(44)31-29-27-25-23-20-16-14-12-10-8-6-4-2/h5,7,11,13,17-18,35-36,39-42,45-47H,3-4,6,8-10,12,14-16,19-34H2,1-2H3,(H,48,49,50)/b7-5+,13-11+,18-17+/t35-,36-,39-,40?,41?,42+/m1/s1. The second-order valence-corrected chi connectivity index (χ2v) is 16.1. The molecule has 1 fully saturated rings. The van der Waals surface area contributed by atoms with E-state index < -0.39 is 71.2 Å². The Morgan fingerprint density at radius 3 is 1.71 bits per heavy atom. The first-order valence-electron chi connectivity index (χ1n) is 21.0. The van der Waals surface area contributed by atoms with Crippen LogP contribution >= 0.6 is 0 Å². The third kappa shape index (κ3) is 28.0. The predicted molar refractivity (Wildman–Crippen MR) is 215 cm³/mol. The highest BCUT2D eigenvalue weighted by Crippen LogP contribution is 2.24. The van der Waals surface area contributed by atoms with Gasteiger partial charge in [0, 0.05) is 12.8 Å². The van der Waals surface area contributed by atoms with Gasteiger partial charge < -0.3 is 34.3 Å². The molecule has 0 aromatic heterocycles. The van der Waals surface area contributed by atoms with E-state index in [4.69, 9.17) is 18.9 Å². The number of carbonyl (C=O) groups is 2. The van der Waals surface area contributed by atoms with Crippen molar-refractivity contribution in [1.29, 1.82) is 0 Å². The van der Waals surface area contributed by atoms with Gasteiger partial charge in [0.1, 0.15) is 36.8 Å². The summed E-state index contributed by atoms with van der Waals surface area (Å²) in [6.45, 7) is 3.61. The Hall–Kier alpha value is -2.13. The molecular weight excluding hydrogens is 729 g/mol. The summed E-state index contributed by atoms with van der Waals surface area (Å²) in [6.07, 6.45) is 26.2. The first-order chi connectivity index (χ1) is 26.5. The number of aliphatic hydroxyl groups is 3. The lowest BCUT2D eigenvalue weighted by molar-refractivity contribution is -0.297. The number of ether oxygens (including phenoxy) is 4. The molecule has 6 atom stereocenters. The van der Waals surface area contributed by atoms with Crippen molar-refractivity contribution in [2.75, 3.05) is 19.0 Å². The van der Waals surface area contributed by atoms with Crippen LogP contribution in [0, 0.1) is 0 Å². The summed E-state index contributed by atoms with van der Waals surface area (Å²) in [7, 11) is -4.60. The van der Waals surface area contributed by atoms with E-state index in [1.165, 1.54) is 51.4 Å². The molecule has 1 saturated heterocycles. The molecule has 13 heteroatoms. The van der Waals surface area contributed by atoms with Gasteiger partial charge in [0.15, 0.2) is 12.4 Å². The van der Waals surface area contributed by atoms with E-state index >= 15 is 0 Å². The largest absolute Gasteiger partial charge is 0.462 e. The number of allylic oxidation sites excluding steroid dienone is 6. The lowest BCUT2D eigenvalue weighted by atomic mass is 10.00. The second kappa shape index (κ2) is 32.9. The molecule has 12 nitrogen and oxygen atoms in total. The maximum absolute atomic E-state index is 12.8. The van der Waals surface area contributed by atoms with Crippen LogP contribution in [0.4, 0.5) is 0 Å². The summed E-state index contributed by atoms with van der Waals surface area (Å²) in [5.74, 6) is -2.00. The van der Waals surface area contributed by atoms with E-state index in [-0.39, 0.29) is 19.4 Å². The van der Waals surface area contributed by atoms with Crippen molar-refractivity contribution >= 4 is 22.1 Å². The number of unbranched alkanes of at least 4 members (excludes halogenated alkanes) is 16. The van der Waals surface area contributed by atoms with E-state index in [1.54, 1.807) is 0 Å². The van der Waals surface area contributed by atoms with Gasteiger partial charge in [-0.2, -0.15) is 8.42 Å². The van der Waals surface area contributed by atoms with Crippen molar-refractivity contribution in [3.8, 4) is 0 Å². The van der Waals surface area contributed by atoms with Gasteiger partial charge in [0.05, 0.1) is 6.61 Å². The molecule has 1 aliphatic heterocycles. The van der Waals surface area contributed by atoms with Crippen molar-refractivity contribution in [1.82, 2.24) is 0 Å². The minimum atomic E-state index is -4.60. The summed E-state index contributed by atoms with van der Waals surface area (Å²) in [6, 6.07) is 0. The minimum absolute atomic E-state index is 0.162. The first kappa shape index (κ1) is 50.9. The van der Waals surface area contributed by atoms with Gasteiger partial charge in [-0.25, -0.2) is 0 Å². The number of aliphatic hydroxyl groups excluding tert-OH is 3. The minimum Gasteiger partial charge on any atom is -0.462 e. The zero-order valence-corrected chi connectivity index (χ0v) is 34.6. The number of hydrogen-bond acceptors (Lipinski definition) is 11. The van der Waals surface area contributed by atoms with Gasteiger partial charge in [-0.3, -0.25) is 14.1 Å². The van der Waals surface area contributed by atoms with Gasteiger partial charge in [-0.1, -0.05) is 140 Å². The Kier molecular flexibility index (Phi) is 30.4. The highest BCUT2D eigenvalue weighted by molar-refractivity contribution is 7.85. The molecule has 0 saturated carbocycles. The van der Waals surface area contributed by atoms with Crippen LogP contribution in [-0.2, 0) is 38.7 Å². The topological polar surface area (TPSA) is 186 Å². The van der Waals surface area contributed by atoms with E-state index in [9.17, 15) is 37.9 Å². The summed E-state index contributed by atoms with van der Waals surface area (Å²) >= 11 is 0. The zero-order valence-electron chi connectivity index (χ0n) is 33.8. The van der Waals surface area contributed by atoms with E-state index in [0.717, 1.165) is 70.6 Å². The SMILES string of the molecule is CC/C=C/C/C=C/C/C=C/CCCCCCCC(=O)OC[C@H](CO[C@H]1O[C@H](CS(=O)(=O)O)[C@@H](O)C(O)C1O)OC(=O)CCCCCCCCCCCCCC. The molecule has 0 spiro atoms. The van der Waals surface area contributed by atoms with Gasteiger partial charge in [-0.05, 0) is 44.9 Å². The monoisotopic (exact) mass is 802 g/mol. The van der Waals surface area contributed by atoms with Crippen LogP contribution in [-0.4, -0.2) is 96.0 Å². The van der Waals surface area contributed by atoms with Crippen LogP contribution in [0.2, 0.25) is 0 Å². The van der Waals surface area contributed by atoms with Crippen molar-refractivity contribution in [2.24, 2.45) is 0 Å². The summed E-state index contributed by atoms with van der Waals surface area (Å²) < 4.78 is 53.9. The molecule has 55 heavy (non-hydrogen) atoms. The first-order valence-corrected chi connectivity index (χ1v) is 22.7. The molecule has 0 aromatic rings. The van der Waals surface area contributed by atoms with Crippen LogP contribution in [0.5, 0.6) is 0 Å². The number of rotatable bonds is 34. The number of hydrogen-bond donors (Lipinski definition) is 4. The third-order valence-electron chi connectivity index (χ3n) is 9.48. The normalized spacial score (nSPS) is 21.2. The molecule has 2 unspecified atom stereocenters. The van der Waals surface area contributed by atoms with E-state index in [2.05, 4.69) is 50.3 Å². The summed E-state index contributed by atoms with van der Waals surface area (Å²) in [4.78, 5) is 25.3. The highest BCUT2D eigenvalue weighted by atomic mass is 32.2. The summed E-state index contributed by atoms with van der Waals surface area (Å²) in [5.41, 5.74) is 0. The lowest BCUT2D eigenvalue weighted by Gasteiger charge is -2.40. The Balaban J connectivity index is 2.49. The molecule has 0 aromatic carbocycles. The van der Waals surface area contributed by atoms with E-state index in [1.807, 2.05) is 0 Å². The van der Waals surface area contributed by atoms with Crippen LogP contribution in [0.25, 0.3) is 0 Å². The molecular formula is C42H74O12S. The smallest absolute Gasteiger partial charge is 0.306 e. The molecule has 1 heterocycles. The van der Waals surface area contributed by atoms with E-state index in [0.29, 0.717) is 12.8 Å². The van der Waals surface area contributed by atoms with Gasteiger partial charge in [-0.15, -0.1) is 0 Å². The quantitative estimate of drug-likeness (QED) is 0.0214. The van der Waals surface area contributed by atoms with Crippen LogP contribution in [0.3, 0.4) is 0 Å². The Bertz CT molecular complexity index is 1170. The fraction of sp³-hybridized carbons (Fsp3) is 0.810. The number of esters is 2. The van der Waals surface area contributed by atoms with Crippen molar-refractivity contribution < 1.29 is 56.8 Å². The van der Waals surface area contributed by atoms with Gasteiger partial charge in [0.25, 0.3) is 10.1 Å². The van der Waals surface area contributed by atoms with Crippen LogP contribution < -0.4 is 0 Å². The van der Waals surface area contributed by atoms with Crippen molar-refractivity contribution in [3.05, 3.63) is 36.5 Å². The average molecular weight is 803 g/mol. The molecule has 0 aliphatic carbocycles. The second-order valence-electron chi connectivity index (χ2n) is 14.6. The van der Waals surface area contributed by atoms with Crippen LogP contribution in [0.15, 0.2) is 36.5 Å². The lowest BCUT2D eigenvalue weighted by Crippen LogP contribution is -2.60. The molecule has 1 rings (SSSR count). The third-order valence-corrected chi connectivity index (χ3v) is 10.2. The average Bonchev–Trinajstić information content (AvgIpc) is 3.14. The Labute approximate surface area is 331 Å². The fourth-order valence-electron chi connectivity index (χ4n) is 6.22. The Morgan fingerprint density at radius 2 is 1.15 bits per heavy atom. The molecule has 0 bridgehead atoms. The molecule has 320 valence electrons. The van der Waals surface area contributed by atoms with Crippen LogP contribution in [0.1, 0.15) is 162 Å². The fourth-order valence-corrected chi connectivity index (χ4v) is 6.91. The highest BCUT2D eigenvalue weighted by Gasteiger charge is 2.46.